The molecule has 1 heterocycles. The van der Waals surface area contributed by atoms with Gasteiger partial charge in [0.1, 0.15) is 16.4 Å². The standard InChI is InChI=1S/C19H25NO3S/c1-6-20(7-2)14-9-10-15-13(4)11-17(23-16(15)12-14)18(24-5)19(21)22-8-3/h9-12H,6-8H2,1-5H3/b18-17+. The zero-order valence-electron chi connectivity index (χ0n) is 15.0. The fraction of sp³-hybridized carbons (Fsp3) is 0.421. The van der Waals surface area contributed by atoms with Gasteiger partial charge in [0.05, 0.1) is 6.61 Å². The Balaban J connectivity index is 2.44. The minimum Gasteiger partial charge on any atom is -0.462 e. The molecule has 0 aliphatic carbocycles. The second-order valence-electron chi connectivity index (χ2n) is 5.40. The van der Waals surface area contributed by atoms with Crippen LogP contribution >= 0.6 is 11.8 Å². The Morgan fingerprint density at radius 3 is 2.54 bits per heavy atom. The van der Waals surface area contributed by atoms with Crippen LogP contribution in [-0.2, 0) is 9.53 Å². The highest BCUT2D eigenvalue weighted by atomic mass is 32.2. The van der Waals surface area contributed by atoms with Crippen LogP contribution in [0.1, 0.15) is 33.3 Å². The van der Waals surface area contributed by atoms with Gasteiger partial charge in [-0.1, -0.05) is 0 Å². The van der Waals surface area contributed by atoms with Gasteiger partial charge < -0.3 is 14.4 Å². The lowest BCUT2D eigenvalue weighted by Gasteiger charge is -2.25. The molecule has 4 nitrogen and oxygen atoms in total. The van der Waals surface area contributed by atoms with Crippen molar-refractivity contribution in [3.8, 4) is 5.75 Å². The number of allylic oxidation sites excluding steroid dienone is 2. The molecular formula is C19H25NO3S. The fourth-order valence-electron chi connectivity index (χ4n) is 2.72. The number of rotatable bonds is 6. The van der Waals surface area contributed by atoms with E-state index in [-0.39, 0.29) is 5.97 Å². The Hall–Kier alpha value is -1.88. The van der Waals surface area contributed by atoms with Crippen LogP contribution in [0.25, 0.3) is 5.57 Å². The number of hydrogen-bond acceptors (Lipinski definition) is 5. The van der Waals surface area contributed by atoms with Crippen LogP contribution < -0.4 is 9.64 Å². The zero-order valence-corrected chi connectivity index (χ0v) is 15.8. The molecule has 0 saturated heterocycles. The number of ether oxygens (including phenoxy) is 2. The van der Waals surface area contributed by atoms with Gasteiger partial charge in [-0.2, -0.15) is 0 Å². The van der Waals surface area contributed by atoms with E-state index in [0.717, 1.165) is 35.7 Å². The average molecular weight is 347 g/mol. The first-order valence-electron chi connectivity index (χ1n) is 8.26. The minimum atomic E-state index is -0.340. The molecule has 130 valence electrons. The summed E-state index contributed by atoms with van der Waals surface area (Å²) in [6, 6.07) is 6.23. The van der Waals surface area contributed by atoms with Crippen molar-refractivity contribution in [2.24, 2.45) is 0 Å². The van der Waals surface area contributed by atoms with Crippen molar-refractivity contribution >= 4 is 29.0 Å². The third-order valence-electron chi connectivity index (χ3n) is 3.97. The molecule has 0 atom stereocenters. The first-order valence-corrected chi connectivity index (χ1v) is 9.49. The molecule has 0 fully saturated rings. The van der Waals surface area contributed by atoms with Crippen molar-refractivity contribution in [3.05, 3.63) is 40.5 Å². The fourth-order valence-corrected chi connectivity index (χ4v) is 3.25. The Morgan fingerprint density at radius 2 is 1.96 bits per heavy atom. The topological polar surface area (TPSA) is 38.8 Å². The molecule has 0 radical (unpaired) electrons. The maximum Gasteiger partial charge on any atom is 0.348 e. The lowest BCUT2D eigenvalue weighted by Crippen LogP contribution is -2.22. The van der Waals surface area contributed by atoms with Gasteiger partial charge in [-0.15, -0.1) is 11.8 Å². The first-order chi connectivity index (χ1) is 11.5. The van der Waals surface area contributed by atoms with Gasteiger partial charge in [0.15, 0.2) is 0 Å². The van der Waals surface area contributed by atoms with Gasteiger partial charge in [0.25, 0.3) is 0 Å². The van der Waals surface area contributed by atoms with Gasteiger partial charge in [-0.3, -0.25) is 0 Å². The van der Waals surface area contributed by atoms with Crippen molar-refractivity contribution in [2.45, 2.75) is 27.7 Å². The van der Waals surface area contributed by atoms with Crippen LogP contribution in [-0.4, -0.2) is 31.9 Å². The van der Waals surface area contributed by atoms with Crippen LogP contribution in [0.15, 0.2) is 34.9 Å². The van der Waals surface area contributed by atoms with E-state index in [0.29, 0.717) is 17.3 Å². The monoisotopic (exact) mass is 347 g/mol. The summed E-state index contributed by atoms with van der Waals surface area (Å²) in [4.78, 5) is 14.9. The van der Waals surface area contributed by atoms with Crippen LogP contribution in [0.4, 0.5) is 5.69 Å². The number of thioether (sulfide) groups is 1. The molecule has 1 aliphatic rings. The Labute approximate surface area is 148 Å². The van der Waals surface area contributed by atoms with E-state index in [1.807, 2.05) is 25.3 Å². The Kier molecular flexibility index (Phi) is 6.37. The number of esters is 1. The summed E-state index contributed by atoms with van der Waals surface area (Å²) in [7, 11) is 0. The highest BCUT2D eigenvalue weighted by molar-refractivity contribution is 8.03. The number of anilines is 1. The van der Waals surface area contributed by atoms with Gasteiger partial charge in [-0.05, 0) is 57.7 Å². The number of carbonyl (C=O) groups excluding carboxylic acids is 1. The molecule has 1 aromatic carbocycles. The van der Waals surface area contributed by atoms with E-state index in [1.54, 1.807) is 6.92 Å². The van der Waals surface area contributed by atoms with E-state index in [2.05, 4.69) is 30.9 Å². The molecule has 0 amide bonds. The zero-order chi connectivity index (χ0) is 17.7. The molecule has 0 bridgehead atoms. The maximum absolute atomic E-state index is 12.1. The van der Waals surface area contributed by atoms with E-state index >= 15 is 0 Å². The number of hydrogen-bond donors (Lipinski definition) is 0. The Morgan fingerprint density at radius 1 is 1.25 bits per heavy atom. The third kappa shape index (κ3) is 3.78. The molecule has 5 heteroatoms. The number of fused-ring (bicyclic) bond motifs is 1. The minimum absolute atomic E-state index is 0.340. The van der Waals surface area contributed by atoms with Crippen LogP contribution in [0.2, 0.25) is 0 Å². The molecule has 2 rings (SSSR count). The predicted octanol–water partition coefficient (Wildman–Crippen LogP) is 4.47. The number of carbonyl (C=O) groups is 1. The van der Waals surface area contributed by atoms with Gasteiger partial charge in [0, 0.05) is 30.4 Å². The van der Waals surface area contributed by atoms with Gasteiger partial charge in [-0.25, -0.2) is 4.79 Å². The summed E-state index contributed by atoms with van der Waals surface area (Å²) in [5, 5.41) is 0. The number of benzene rings is 1. The lowest BCUT2D eigenvalue weighted by atomic mass is 10.0. The summed E-state index contributed by atoms with van der Waals surface area (Å²) < 4.78 is 11.2. The molecule has 0 aromatic heterocycles. The Bertz CT molecular complexity index is 675. The largest absolute Gasteiger partial charge is 0.462 e. The van der Waals surface area contributed by atoms with E-state index in [4.69, 9.17) is 9.47 Å². The second-order valence-corrected chi connectivity index (χ2v) is 6.22. The lowest BCUT2D eigenvalue weighted by molar-refractivity contribution is -0.137. The smallest absolute Gasteiger partial charge is 0.348 e. The normalized spacial score (nSPS) is 15.1. The summed E-state index contributed by atoms with van der Waals surface area (Å²) in [5.74, 6) is 1.00. The van der Waals surface area contributed by atoms with Crippen molar-refractivity contribution in [3.63, 3.8) is 0 Å². The van der Waals surface area contributed by atoms with Crippen molar-refractivity contribution in [1.82, 2.24) is 0 Å². The maximum atomic E-state index is 12.1. The second kappa shape index (κ2) is 8.29. The summed E-state index contributed by atoms with van der Waals surface area (Å²) in [6.45, 7) is 10.3. The SMILES string of the molecule is CCOC(=O)/C(SC)=C1/C=C(C)c2ccc(N(CC)CC)cc2O1. The van der Waals surface area contributed by atoms with Crippen LogP contribution in [0, 0.1) is 0 Å². The molecule has 0 spiro atoms. The molecule has 0 N–H and O–H groups in total. The highest BCUT2D eigenvalue weighted by Crippen LogP contribution is 2.38. The molecule has 1 aliphatic heterocycles. The van der Waals surface area contributed by atoms with Crippen molar-refractivity contribution in [2.75, 3.05) is 30.9 Å². The molecule has 1 aromatic rings. The van der Waals surface area contributed by atoms with Gasteiger partial charge in [0.2, 0.25) is 0 Å². The van der Waals surface area contributed by atoms with Crippen molar-refractivity contribution in [1.29, 1.82) is 0 Å². The van der Waals surface area contributed by atoms with Crippen LogP contribution in [0.5, 0.6) is 5.75 Å². The molecular weight excluding hydrogens is 322 g/mol. The van der Waals surface area contributed by atoms with Crippen LogP contribution in [0.3, 0.4) is 0 Å². The van der Waals surface area contributed by atoms with Gasteiger partial charge >= 0.3 is 5.97 Å². The summed E-state index contributed by atoms with van der Waals surface area (Å²) in [5.41, 5.74) is 3.25. The predicted molar refractivity (Wildman–Crippen MR) is 101 cm³/mol. The van der Waals surface area contributed by atoms with Crippen molar-refractivity contribution < 1.29 is 14.3 Å². The molecule has 0 unspecified atom stereocenters. The first kappa shape index (κ1) is 18.5. The van der Waals surface area contributed by atoms with E-state index in [9.17, 15) is 4.79 Å². The quantitative estimate of drug-likeness (QED) is 0.561. The summed E-state index contributed by atoms with van der Waals surface area (Å²) in [6.07, 6.45) is 3.76. The third-order valence-corrected chi connectivity index (χ3v) is 4.75. The number of nitrogens with zero attached hydrogens (tertiary/aromatic N) is 1. The van der Waals surface area contributed by atoms with E-state index < -0.39 is 0 Å². The molecule has 24 heavy (non-hydrogen) atoms. The molecule has 0 saturated carbocycles. The average Bonchev–Trinajstić information content (AvgIpc) is 2.56. The van der Waals surface area contributed by atoms with E-state index in [1.165, 1.54) is 11.8 Å². The summed E-state index contributed by atoms with van der Waals surface area (Å²) >= 11 is 1.35. The highest BCUT2D eigenvalue weighted by Gasteiger charge is 2.22.